The van der Waals surface area contributed by atoms with Crippen LogP contribution in [-0.2, 0) is 5.41 Å². The van der Waals surface area contributed by atoms with Gasteiger partial charge in [0.1, 0.15) is 11.5 Å². The lowest BCUT2D eigenvalue weighted by Crippen LogP contribution is -2.23. The van der Waals surface area contributed by atoms with Gasteiger partial charge in [-0.3, -0.25) is 0 Å². The highest BCUT2D eigenvalue weighted by Crippen LogP contribution is 2.46. The Morgan fingerprint density at radius 1 is 0.920 bits per heavy atom. The molecule has 134 valence electrons. The maximum atomic E-state index is 5.93. The Labute approximate surface area is 149 Å². The van der Waals surface area contributed by atoms with Gasteiger partial charge in [0.15, 0.2) is 11.5 Å². The second-order valence-electron chi connectivity index (χ2n) is 6.28. The summed E-state index contributed by atoms with van der Waals surface area (Å²) in [7, 11) is 0. The highest BCUT2D eigenvalue weighted by Gasteiger charge is 2.32. The highest BCUT2D eigenvalue weighted by atomic mass is 16.7. The molecule has 0 N–H and O–H groups in total. The first-order valence-electron chi connectivity index (χ1n) is 8.92. The summed E-state index contributed by atoms with van der Waals surface area (Å²) in [5, 5.41) is 0. The first kappa shape index (κ1) is 17.5. The lowest BCUT2D eigenvalue weighted by atomic mass is 9.73. The molecule has 1 aliphatic rings. The van der Waals surface area contributed by atoms with Gasteiger partial charge in [-0.15, -0.1) is 0 Å². The van der Waals surface area contributed by atoms with Gasteiger partial charge in [-0.1, -0.05) is 26.0 Å². The maximum absolute atomic E-state index is 5.93. The van der Waals surface area contributed by atoms with Crippen molar-refractivity contribution in [1.82, 2.24) is 0 Å². The van der Waals surface area contributed by atoms with Crippen molar-refractivity contribution in [1.29, 1.82) is 0 Å². The normalized spacial score (nSPS) is 14.9. The van der Waals surface area contributed by atoms with Crippen LogP contribution >= 0.6 is 0 Å². The van der Waals surface area contributed by atoms with Crippen LogP contribution in [-0.4, -0.2) is 20.0 Å². The van der Waals surface area contributed by atoms with E-state index in [0.717, 1.165) is 35.0 Å². The van der Waals surface area contributed by atoms with Gasteiger partial charge < -0.3 is 18.9 Å². The fourth-order valence-electron chi connectivity index (χ4n) is 3.27. The van der Waals surface area contributed by atoms with Gasteiger partial charge in [0.25, 0.3) is 0 Å². The molecule has 0 saturated heterocycles. The van der Waals surface area contributed by atoms with E-state index in [-0.39, 0.29) is 12.2 Å². The molecule has 0 spiro atoms. The zero-order valence-electron chi connectivity index (χ0n) is 15.4. The molecule has 1 atom stereocenters. The minimum atomic E-state index is -0.198. The van der Waals surface area contributed by atoms with Crippen molar-refractivity contribution < 1.29 is 18.9 Å². The van der Waals surface area contributed by atoms with Gasteiger partial charge >= 0.3 is 0 Å². The van der Waals surface area contributed by atoms with Crippen LogP contribution in [0.5, 0.6) is 23.0 Å². The first-order chi connectivity index (χ1) is 12.1. The molecule has 4 heteroatoms. The van der Waals surface area contributed by atoms with E-state index in [1.165, 1.54) is 5.56 Å². The molecule has 0 saturated carbocycles. The first-order valence-corrected chi connectivity index (χ1v) is 8.92. The summed E-state index contributed by atoms with van der Waals surface area (Å²) in [4.78, 5) is 0. The van der Waals surface area contributed by atoms with Crippen LogP contribution < -0.4 is 18.9 Å². The second-order valence-corrected chi connectivity index (χ2v) is 6.28. The van der Waals surface area contributed by atoms with Crippen molar-refractivity contribution >= 4 is 0 Å². The predicted octanol–water partition coefficient (Wildman–Crippen LogP) is 4.93. The quantitative estimate of drug-likeness (QED) is 0.715. The van der Waals surface area contributed by atoms with Gasteiger partial charge in [0.2, 0.25) is 6.79 Å². The Bertz CT molecular complexity index is 723. The third-order valence-electron chi connectivity index (χ3n) is 4.88. The minimum Gasteiger partial charge on any atom is -0.494 e. The average molecular weight is 342 g/mol. The Balaban J connectivity index is 2.06. The summed E-state index contributed by atoms with van der Waals surface area (Å²) in [6, 6.07) is 12.3. The summed E-state index contributed by atoms with van der Waals surface area (Å²) in [5.41, 5.74) is 2.14. The van der Waals surface area contributed by atoms with Crippen molar-refractivity contribution in [2.24, 2.45) is 0 Å². The van der Waals surface area contributed by atoms with Gasteiger partial charge in [0, 0.05) is 17.0 Å². The molecule has 4 nitrogen and oxygen atoms in total. The van der Waals surface area contributed by atoms with E-state index in [9.17, 15) is 0 Å². The molecule has 2 aromatic carbocycles. The lowest BCUT2D eigenvalue weighted by molar-refractivity contribution is 0.173. The van der Waals surface area contributed by atoms with Gasteiger partial charge in [-0.25, -0.2) is 0 Å². The van der Waals surface area contributed by atoms with Crippen molar-refractivity contribution in [3.63, 3.8) is 0 Å². The van der Waals surface area contributed by atoms with Gasteiger partial charge in [0.05, 0.1) is 13.2 Å². The average Bonchev–Trinajstić information content (AvgIpc) is 3.09. The zero-order valence-corrected chi connectivity index (χ0v) is 15.4. The topological polar surface area (TPSA) is 36.9 Å². The number of hydrogen-bond donors (Lipinski definition) is 0. The molecule has 0 amide bonds. The Kier molecular flexibility index (Phi) is 5.07. The molecule has 25 heavy (non-hydrogen) atoms. The number of rotatable bonds is 7. The van der Waals surface area contributed by atoms with Crippen LogP contribution in [0.2, 0.25) is 0 Å². The fraction of sp³-hybridized carbons (Fsp3) is 0.429. The number of fused-ring (bicyclic) bond motifs is 1. The number of ether oxygens (including phenoxy) is 4. The molecule has 0 radical (unpaired) electrons. The Hall–Kier alpha value is -2.36. The van der Waals surface area contributed by atoms with Gasteiger partial charge in [-0.2, -0.15) is 0 Å². The van der Waals surface area contributed by atoms with E-state index in [4.69, 9.17) is 18.9 Å². The molecule has 0 aliphatic carbocycles. The van der Waals surface area contributed by atoms with E-state index in [1.807, 2.05) is 32.0 Å². The zero-order chi connectivity index (χ0) is 17.9. The lowest BCUT2D eigenvalue weighted by Gasteiger charge is -2.31. The molecule has 1 unspecified atom stereocenters. The summed E-state index contributed by atoms with van der Waals surface area (Å²) in [6.07, 6.45) is 0.931. The van der Waals surface area contributed by atoms with Crippen molar-refractivity contribution in [3.05, 3.63) is 47.5 Å². The maximum Gasteiger partial charge on any atom is 0.231 e. The molecule has 1 heterocycles. The third-order valence-corrected chi connectivity index (χ3v) is 4.88. The smallest absolute Gasteiger partial charge is 0.231 e. The largest absolute Gasteiger partial charge is 0.494 e. The fourth-order valence-corrected chi connectivity index (χ4v) is 3.27. The molecular formula is C21H26O4. The van der Waals surface area contributed by atoms with Crippen LogP contribution in [0.1, 0.15) is 45.2 Å². The van der Waals surface area contributed by atoms with Crippen LogP contribution in [0.4, 0.5) is 0 Å². The van der Waals surface area contributed by atoms with E-state index >= 15 is 0 Å². The number of benzene rings is 2. The molecule has 3 rings (SSSR count). The highest BCUT2D eigenvalue weighted by molar-refractivity contribution is 5.57. The predicted molar refractivity (Wildman–Crippen MR) is 98.1 cm³/mol. The number of hydrogen-bond acceptors (Lipinski definition) is 4. The van der Waals surface area contributed by atoms with Crippen molar-refractivity contribution in [3.8, 4) is 23.0 Å². The standard InChI is InChI=1S/C21H26O4/c1-5-21(4,15-8-10-16(11-9-15)22-6-2)17-12-19-20(25-14-24-19)13-18(17)23-7-3/h8-13H,5-7,14H2,1-4H3. The van der Waals surface area contributed by atoms with Crippen molar-refractivity contribution in [2.75, 3.05) is 20.0 Å². The SMILES string of the molecule is CCOc1ccc(C(C)(CC)c2cc3c(cc2OCC)OCO3)cc1. The molecule has 1 aliphatic heterocycles. The van der Waals surface area contributed by atoms with Gasteiger partial charge in [-0.05, 0) is 44.0 Å². The van der Waals surface area contributed by atoms with Crippen LogP contribution in [0.15, 0.2) is 36.4 Å². The van der Waals surface area contributed by atoms with Crippen LogP contribution in [0.3, 0.4) is 0 Å². The monoisotopic (exact) mass is 342 g/mol. The van der Waals surface area contributed by atoms with Crippen molar-refractivity contribution in [2.45, 2.75) is 39.5 Å². The Morgan fingerprint density at radius 2 is 1.56 bits per heavy atom. The summed E-state index contributed by atoms with van der Waals surface area (Å²) < 4.78 is 22.6. The van der Waals surface area contributed by atoms with E-state index in [2.05, 4.69) is 32.0 Å². The van der Waals surface area contributed by atoms with E-state index < -0.39 is 0 Å². The summed E-state index contributed by atoms with van der Waals surface area (Å²) in [5.74, 6) is 3.27. The van der Waals surface area contributed by atoms with E-state index in [1.54, 1.807) is 0 Å². The van der Waals surface area contributed by atoms with Crippen LogP contribution in [0.25, 0.3) is 0 Å². The molecule has 2 aromatic rings. The van der Waals surface area contributed by atoms with E-state index in [0.29, 0.717) is 13.2 Å². The summed E-state index contributed by atoms with van der Waals surface area (Å²) >= 11 is 0. The third kappa shape index (κ3) is 3.26. The molecular weight excluding hydrogens is 316 g/mol. The van der Waals surface area contributed by atoms with Crippen LogP contribution in [0, 0.1) is 0 Å². The Morgan fingerprint density at radius 3 is 2.16 bits per heavy atom. The molecule has 0 fully saturated rings. The minimum absolute atomic E-state index is 0.198. The molecule has 0 bridgehead atoms. The summed E-state index contributed by atoms with van der Waals surface area (Å²) in [6.45, 7) is 9.95. The second kappa shape index (κ2) is 7.26. The molecule has 0 aromatic heterocycles.